The SMILES string of the molecule is CNC1CCc2[nH]c3ccc(C(=O)NO)cc3c2C1.O=C(O)CCC(=O)O. The van der Waals surface area contributed by atoms with Crippen LogP contribution in [0.25, 0.3) is 10.9 Å². The summed E-state index contributed by atoms with van der Waals surface area (Å²) < 4.78 is 0. The Morgan fingerprint density at radius 3 is 2.41 bits per heavy atom. The first-order chi connectivity index (χ1) is 12.8. The van der Waals surface area contributed by atoms with Crippen molar-refractivity contribution in [3.05, 3.63) is 35.0 Å². The number of rotatable bonds is 5. The van der Waals surface area contributed by atoms with Crippen LogP contribution in [0.3, 0.4) is 0 Å². The number of carboxylic acids is 2. The molecule has 0 spiro atoms. The van der Waals surface area contributed by atoms with Gasteiger partial charge in [0.25, 0.3) is 5.91 Å². The normalized spacial score (nSPS) is 15.4. The minimum atomic E-state index is -1.08. The van der Waals surface area contributed by atoms with Gasteiger partial charge in [0.1, 0.15) is 0 Å². The summed E-state index contributed by atoms with van der Waals surface area (Å²) in [5, 5.41) is 28.9. The number of likely N-dealkylation sites (N-methyl/N-ethyl adjacent to an activating group) is 1. The summed E-state index contributed by atoms with van der Waals surface area (Å²) in [7, 11) is 1.98. The molecule has 0 aliphatic heterocycles. The molecule has 9 nitrogen and oxygen atoms in total. The molecule has 1 aromatic heterocycles. The molecule has 0 bridgehead atoms. The molecule has 9 heteroatoms. The highest BCUT2D eigenvalue weighted by Gasteiger charge is 2.21. The van der Waals surface area contributed by atoms with E-state index >= 15 is 0 Å². The molecular weight excluding hydrogens is 354 g/mol. The average Bonchev–Trinajstić information content (AvgIpc) is 3.03. The molecule has 0 saturated heterocycles. The van der Waals surface area contributed by atoms with Crippen LogP contribution in [0.2, 0.25) is 0 Å². The number of amides is 1. The number of aliphatic carboxylic acids is 2. The largest absolute Gasteiger partial charge is 0.481 e. The lowest BCUT2D eigenvalue weighted by Gasteiger charge is -2.21. The Balaban J connectivity index is 0.000000279. The molecule has 1 unspecified atom stereocenters. The van der Waals surface area contributed by atoms with Crippen LogP contribution < -0.4 is 10.8 Å². The number of fused-ring (bicyclic) bond motifs is 3. The Labute approximate surface area is 155 Å². The van der Waals surface area contributed by atoms with E-state index in [9.17, 15) is 14.4 Å². The molecule has 1 heterocycles. The zero-order valence-electron chi connectivity index (χ0n) is 14.9. The molecule has 0 fully saturated rings. The molecular formula is C18H23N3O6. The number of hydrogen-bond acceptors (Lipinski definition) is 5. The van der Waals surface area contributed by atoms with Gasteiger partial charge in [0.2, 0.25) is 0 Å². The van der Waals surface area contributed by atoms with Gasteiger partial charge in [0.05, 0.1) is 12.8 Å². The van der Waals surface area contributed by atoms with Gasteiger partial charge in [-0.25, -0.2) is 5.48 Å². The predicted molar refractivity (Wildman–Crippen MR) is 96.9 cm³/mol. The lowest BCUT2D eigenvalue weighted by atomic mass is 9.91. The zero-order chi connectivity index (χ0) is 20.0. The van der Waals surface area contributed by atoms with Crippen molar-refractivity contribution >= 4 is 28.7 Å². The summed E-state index contributed by atoms with van der Waals surface area (Å²) >= 11 is 0. The lowest BCUT2D eigenvalue weighted by molar-refractivity contribution is -0.143. The zero-order valence-corrected chi connectivity index (χ0v) is 14.9. The third-order valence-corrected chi connectivity index (χ3v) is 4.51. The van der Waals surface area contributed by atoms with Crippen LogP contribution in [0.5, 0.6) is 0 Å². The Morgan fingerprint density at radius 1 is 1.19 bits per heavy atom. The summed E-state index contributed by atoms with van der Waals surface area (Å²) in [4.78, 5) is 34.2. The Kier molecular flexibility index (Phi) is 6.91. The van der Waals surface area contributed by atoms with E-state index in [2.05, 4.69) is 10.3 Å². The summed E-state index contributed by atoms with van der Waals surface area (Å²) in [5.74, 6) is -2.63. The predicted octanol–water partition coefficient (Wildman–Crippen LogP) is 1.30. The van der Waals surface area contributed by atoms with Crippen molar-refractivity contribution in [1.82, 2.24) is 15.8 Å². The van der Waals surface area contributed by atoms with Crippen molar-refractivity contribution in [2.45, 2.75) is 38.1 Å². The first kappa shape index (κ1) is 20.4. The first-order valence-electron chi connectivity index (χ1n) is 8.54. The fraction of sp³-hybridized carbons (Fsp3) is 0.389. The van der Waals surface area contributed by atoms with E-state index in [1.807, 2.05) is 19.2 Å². The number of nitrogens with one attached hydrogen (secondary N) is 3. The van der Waals surface area contributed by atoms with Crippen LogP contribution >= 0.6 is 0 Å². The van der Waals surface area contributed by atoms with Crippen LogP contribution in [0.4, 0.5) is 0 Å². The van der Waals surface area contributed by atoms with Crippen LogP contribution in [0.15, 0.2) is 18.2 Å². The van der Waals surface area contributed by atoms with Crippen LogP contribution in [-0.4, -0.2) is 51.3 Å². The van der Waals surface area contributed by atoms with E-state index in [0.717, 1.165) is 30.2 Å². The van der Waals surface area contributed by atoms with E-state index in [1.54, 1.807) is 11.5 Å². The van der Waals surface area contributed by atoms with Gasteiger partial charge in [-0.15, -0.1) is 0 Å². The van der Waals surface area contributed by atoms with Crippen molar-refractivity contribution in [2.24, 2.45) is 0 Å². The molecule has 27 heavy (non-hydrogen) atoms. The Hall–Kier alpha value is -2.91. The highest BCUT2D eigenvalue weighted by molar-refractivity contribution is 5.98. The molecule has 1 aromatic carbocycles. The monoisotopic (exact) mass is 377 g/mol. The number of aromatic amines is 1. The van der Waals surface area contributed by atoms with Gasteiger partial charge < -0.3 is 20.5 Å². The number of carboxylic acid groups (broad SMARTS) is 2. The number of carbonyl (C=O) groups excluding carboxylic acids is 1. The maximum Gasteiger partial charge on any atom is 0.303 e. The third-order valence-electron chi connectivity index (χ3n) is 4.51. The maximum atomic E-state index is 11.5. The molecule has 2 aromatic rings. The van der Waals surface area contributed by atoms with E-state index in [1.165, 1.54) is 11.3 Å². The van der Waals surface area contributed by atoms with Crippen LogP contribution in [-0.2, 0) is 22.4 Å². The number of hydrogen-bond donors (Lipinski definition) is 6. The minimum absolute atomic E-state index is 0.296. The van der Waals surface area contributed by atoms with E-state index in [0.29, 0.717) is 11.6 Å². The highest BCUT2D eigenvalue weighted by Crippen LogP contribution is 2.29. The summed E-state index contributed by atoms with van der Waals surface area (Å²) in [6.07, 6.45) is 2.53. The van der Waals surface area contributed by atoms with Gasteiger partial charge in [0, 0.05) is 28.2 Å². The molecule has 0 radical (unpaired) electrons. The summed E-state index contributed by atoms with van der Waals surface area (Å²) in [5.41, 5.74) is 5.76. The van der Waals surface area contributed by atoms with Crippen molar-refractivity contribution in [1.29, 1.82) is 0 Å². The summed E-state index contributed by atoms with van der Waals surface area (Å²) in [6, 6.07) is 5.94. The minimum Gasteiger partial charge on any atom is -0.481 e. The Bertz CT molecular complexity index is 831. The average molecular weight is 377 g/mol. The molecule has 3 rings (SSSR count). The molecule has 6 N–H and O–H groups in total. The third kappa shape index (κ3) is 5.28. The standard InChI is InChI=1S/C14H17N3O2.C4H6O4/c1-15-9-3-5-13-11(7-9)10-6-8(14(18)17-19)2-4-12(10)16-13;5-3(6)1-2-4(7)8/h2,4,6,9,15-16,19H,3,5,7H2,1H3,(H,17,18);1-2H2,(H,5,6)(H,7,8). The van der Waals surface area contributed by atoms with Crippen molar-refractivity contribution in [2.75, 3.05) is 7.05 Å². The van der Waals surface area contributed by atoms with Crippen LogP contribution in [0.1, 0.15) is 40.9 Å². The van der Waals surface area contributed by atoms with Crippen LogP contribution in [0, 0.1) is 0 Å². The molecule has 1 aliphatic carbocycles. The van der Waals surface area contributed by atoms with Gasteiger partial charge in [-0.2, -0.15) is 0 Å². The first-order valence-corrected chi connectivity index (χ1v) is 8.54. The van der Waals surface area contributed by atoms with Crippen molar-refractivity contribution < 1.29 is 29.8 Å². The molecule has 146 valence electrons. The van der Waals surface area contributed by atoms with Crippen molar-refractivity contribution in [3.8, 4) is 0 Å². The van der Waals surface area contributed by atoms with Gasteiger partial charge in [-0.05, 0) is 50.1 Å². The van der Waals surface area contributed by atoms with Crippen molar-refractivity contribution in [3.63, 3.8) is 0 Å². The van der Waals surface area contributed by atoms with Gasteiger partial charge >= 0.3 is 11.9 Å². The molecule has 1 atom stereocenters. The second-order valence-electron chi connectivity index (χ2n) is 6.30. The quantitative estimate of drug-likeness (QED) is 0.339. The fourth-order valence-electron chi connectivity index (χ4n) is 3.08. The second kappa shape index (κ2) is 9.15. The highest BCUT2D eigenvalue weighted by atomic mass is 16.5. The van der Waals surface area contributed by atoms with E-state index in [-0.39, 0.29) is 12.8 Å². The van der Waals surface area contributed by atoms with E-state index in [4.69, 9.17) is 15.4 Å². The molecule has 1 aliphatic rings. The number of hydroxylamine groups is 1. The van der Waals surface area contributed by atoms with Gasteiger partial charge in [-0.1, -0.05) is 0 Å². The topological polar surface area (TPSA) is 152 Å². The number of benzene rings is 1. The number of carbonyl (C=O) groups is 3. The second-order valence-corrected chi connectivity index (χ2v) is 6.30. The maximum absolute atomic E-state index is 11.5. The number of aryl methyl sites for hydroxylation is 1. The van der Waals surface area contributed by atoms with Gasteiger partial charge in [0.15, 0.2) is 0 Å². The summed E-state index contributed by atoms with van der Waals surface area (Å²) in [6.45, 7) is 0. The van der Waals surface area contributed by atoms with E-state index < -0.39 is 17.8 Å². The number of aromatic nitrogens is 1. The van der Waals surface area contributed by atoms with Gasteiger partial charge in [-0.3, -0.25) is 19.6 Å². The number of H-pyrrole nitrogens is 1. The smallest absolute Gasteiger partial charge is 0.303 e. The molecule has 0 saturated carbocycles. The Morgan fingerprint density at radius 2 is 1.85 bits per heavy atom. The molecule has 1 amide bonds. The fourth-order valence-corrected chi connectivity index (χ4v) is 3.08. The lowest BCUT2D eigenvalue weighted by Crippen LogP contribution is -2.31.